The fourth-order valence-electron chi connectivity index (χ4n) is 1.64. The molecule has 0 unspecified atom stereocenters. The maximum absolute atomic E-state index is 5.25. The van der Waals surface area contributed by atoms with Gasteiger partial charge in [-0.05, 0) is 37.2 Å². The van der Waals surface area contributed by atoms with E-state index in [0.29, 0.717) is 10.9 Å². The molecule has 2 aromatic rings. The first-order valence-electron chi connectivity index (χ1n) is 5.57. The van der Waals surface area contributed by atoms with Crippen molar-refractivity contribution < 1.29 is 0 Å². The van der Waals surface area contributed by atoms with Crippen LogP contribution in [0.3, 0.4) is 0 Å². The van der Waals surface area contributed by atoms with Crippen molar-refractivity contribution in [2.75, 3.05) is 10.6 Å². The highest BCUT2D eigenvalue weighted by molar-refractivity contribution is 7.80. The fraction of sp³-hybridized carbons (Fsp3) is 0.154. The average molecular weight is 258 g/mol. The smallest absolute Gasteiger partial charge is 0.176 e. The van der Waals surface area contributed by atoms with Crippen molar-refractivity contribution in [2.45, 2.75) is 13.8 Å². The summed E-state index contributed by atoms with van der Waals surface area (Å²) in [6, 6.07) is 6.11. The molecule has 0 saturated heterocycles. The van der Waals surface area contributed by atoms with Crippen LogP contribution in [0.4, 0.5) is 11.5 Å². The average Bonchev–Trinajstić information content (AvgIpc) is 2.35. The summed E-state index contributed by atoms with van der Waals surface area (Å²) in [5, 5.41) is 6.68. The van der Waals surface area contributed by atoms with E-state index in [4.69, 9.17) is 12.2 Å². The Morgan fingerprint density at radius 3 is 2.44 bits per heavy atom. The molecule has 0 aliphatic rings. The molecule has 1 heterocycles. The lowest BCUT2D eigenvalue weighted by Crippen LogP contribution is -2.20. The number of hydrogen-bond acceptors (Lipinski definition) is 3. The molecule has 0 spiro atoms. The number of rotatable bonds is 2. The number of anilines is 2. The molecule has 0 atom stereocenters. The molecule has 0 bridgehead atoms. The number of benzene rings is 1. The van der Waals surface area contributed by atoms with Gasteiger partial charge in [0.2, 0.25) is 0 Å². The van der Waals surface area contributed by atoms with Crippen molar-refractivity contribution in [1.82, 2.24) is 9.97 Å². The Labute approximate surface area is 111 Å². The summed E-state index contributed by atoms with van der Waals surface area (Å²) in [4.78, 5) is 8.07. The van der Waals surface area contributed by atoms with Gasteiger partial charge in [0.1, 0.15) is 0 Å². The topological polar surface area (TPSA) is 49.8 Å². The summed E-state index contributed by atoms with van der Waals surface area (Å²) in [6.45, 7) is 4.08. The monoisotopic (exact) mass is 258 g/mol. The Bertz CT molecular complexity index is 534. The van der Waals surface area contributed by atoms with Crippen LogP contribution >= 0.6 is 12.2 Å². The first-order chi connectivity index (χ1) is 8.66. The molecule has 0 saturated carbocycles. The molecule has 0 radical (unpaired) electrons. The van der Waals surface area contributed by atoms with Gasteiger partial charge in [0, 0.05) is 18.1 Å². The Balaban J connectivity index is 2.08. The summed E-state index contributed by atoms with van der Waals surface area (Å²) in [5.74, 6) is 0.626. The van der Waals surface area contributed by atoms with Gasteiger partial charge in [-0.2, -0.15) is 0 Å². The minimum Gasteiger partial charge on any atom is -0.332 e. The van der Waals surface area contributed by atoms with Crippen LogP contribution in [0.2, 0.25) is 0 Å². The van der Waals surface area contributed by atoms with E-state index >= 15 is 0 Å². The van der Waals surface area contributed by atoms with Gasteiger partial charge in [0.15, 0.2) is 10.9 Å². The molecule has 0 amide bonds. The van der Waals surface area contributed by atoms with Crippen LogP contribution in [0, 0.1) is 13.8 Å². The van der Waals surface area contributed by atoms with Gasteiger partial charge in [-0.25, -0.2) is 4.98 Å². The van der Waals surface area contributed by atoms with Crippen LogP contribution in [0.25, 0.3) is 0 Å². The summed E-state index contributed by atoms with van der Waals surface area (Å²) in [7, 11) is 0. The molecule has 92 valence electrons. The minimum absolute atomic E-state index is 0.507. The molecule has 1 aromatic heterocycles. The van der Waals surface area contributed by atoms with Crippen LogP contribution < -0.4 is 10.6 Å². The SMILES string of the molecule is Cc1cccc(C)c1NC(=S)Nc1cnccn1. The highest BCUT2D eigenvalue weighted by Gasteiger charge is 2.04. The van der Waals surface area contributed by atoms with Crippen molar-refractivity contribution in [2.24, 2.45) is 0 Å². The maximum atomic E-state index is 5.25. The molecule has 1 aromatic carbocycles. The van der Waals surface area contributed by atoms with Crippen LogP contribution in [-0.2, 0) is 0 Å². The van der Waals surface area contributed by atoms with Crippen molar-refractivity contribution in [3.63, 3.8) is 0 Å². The van der Waals surface area contributed by atoms with Crippen molar-refractivity contribution in [3.05, 3.63) is 47.9 Å². The summed E-state index contributed by atoms with van der Waals surface area (Å²) in [6.07, 6.45) is 4.86. The van der Waals surface area contributed by atoms with E-state index in [2.05, 4.69) is 20.6 Å². The number of nitrogens with one attached hydrogen (secondary N) is 2. The van der Waals surface area contributed by atoms with Crippen molar-refractivity contribution >= 4 is 28.8 Å². The molecule has 0 fully saturated rings. The lowest BCUT2D eigenvalue weighted by Gasteiger charge is -2.14. The molecular weight excluding hydrogens is 244 g/mol. The van der Waals surface area contributed by atoms with Gasteiger partial charge in [-0.3, -0.25) is 4.98 Å². The Hall–Kier alpha value is -2.01. The van der Waals surface area contributed by atoms with E-state index in [1.54, 1.807) is 18.6 Å². The Morgan fingerprint density at radius 2 is 1.83 bits per heavy atom. The highest BCUT2D eigenvalue weighted by atomic mass is 32.1. The first kappa shape index (κ1) is 12.4. The Morgan fingerprint density at radius 1 is 1.11 bits per heavy atom. The van der Waals surface area contributed by atoms with Gasteiger partial charge in [-0.15, -0.1) is 0 Å². The van der Waals surface area contributed by atoms with Gasteiger partial charge in [0.05, 0.1) is 6.20 Å². The van der Waals surface area contributed by atoms with Crippen LogP contribution in [0.15, 0.2) is 36.8 Å². The van der Waals surface area contributed by atoms with Gasteiger partial charge >= 0.3 is 0 Å². The van der Waals surface area contributed by atoms with Gasteiger partial charge in [0.25, 0.3) is 0 Å². The number of para-hydroxylation sites is 1. The van der Waals surface area contributed by atoms with Gasteiger partial charge < -0.3 is 10.6 Å². The van der Waals surface area contributed by atoms with E-state index in [0.717, 1.165) is 16.8 Å². The second-order valence-electron chi connectivity index (χ2n) is 3.94. The standard InChI is InChI=1S/C13H14N4S/c1-9-4-3-5-10(2)12(9)17-13(18)16-11-8-14-6-7-15-11/h3-8H,1-2H3,(H2,15,16,17,18). The predicted octanol–water partition coefficient (Wildman–Crippen LogP) is 2.90. The third-order valence-corrected chi connectivity index (χ3v) is 2.73. The maximum Gasteiger partial charge on any atom is 0.176 e. The molecule has 2 N–H and O–H groups in total. The highest BCUT2D eigenvalue weighted by Crippen LogP contribution is 2.19. The lowest BCUT2D eigenvalue weighted by molar-refractivity contribution is 1.20. The largest absolute Gasteiger partial charge is 0.332 e. The predicted molar refractivity (Wildman–Crippen MR) is 77.8 cm³/mol. The molecule has 4 nitrogen and oxygen atoms in total. The normalized spacial score (nSPS) is 9.89. The lowest BCUT2D eigenvalue weighted by atomic mass is 10.1. The first-order valence-corrected chi connectivity index (χ1v) is 5.98. The number of hydrogen-bond donors (Lipinski definition) is 2. The van der Waals surface area contributed by atoms with E-state index in [1.807, 2.05) is 32.0 Å². The van der Waals surface area contributed by atoms with Crippen LogP contribution in [0.1, 0.15) is 11.1 Å². The molecule has 0 aliphatic heterocycles. The zero-order valence-electron chi connectivity index (χ0n) is 10.3. The molecular formula is C13H14N4S. The van der Waals surface area contributed by atoms with Crippen molar-refractivity contribution in [3.8, 4) is 0 Å². The number of thiocarbonyl (C=S) groups is 1. The van der Waals surface area contributed by atoms with Crippen LogP contribution in [-0.4, -0.2) is 15.1 Å². The zero-order valence-corrected chi connectivity index (χ0v) is 11.1. The van der Waals surface area contributed by atoms with E-state index < -0.39 is 0 Å². The zero-order chi connectivity index (χ0) is 13.0. The minimum atomic E-state index is 0.507. The third-order valence-electron chi connectivity index (χ3n) is 2.52. The van der Waals surface area contributed by atoms with Crippen molar-refractivity contribution in [1.29, 1.82) is 0 Å². The molecule has 5 heteroatoms. The number of aromatic nitrogens is 2. The second-order valence-corrected chi connectivity index (χ2v) is 4.34. The fourth-order valence-corrected chi connectivity index (χ4v) is 1.84. The van der Waals surface area contributed by atoms with Crippen LogP contribution in [0.5, 0.6) is 0 Å². The quantitative estimate of drug-likeness (QED) is 0.811. The number of nitrogens with zero attached hydrogens (tertiary/aromatic N) is 2. The second kappa shape index (κ2) is 5.55. The molecule has 0 aliphatic carbocycles. The van der Waals surface area contributed by atoms with E-state index in [1.165, 1.54) is 0 Å². The van der Waals surface area contributed by atoms with E-state index in [9.17, 15) is 0 Å². The summed E-state index contributed by atoms with van der Waals surface area (Å²) >= 11 is 5.25. The van der Waals surface area contributed by atoms with E-state index in [-0.39, 0.29) is 0 Å². The molecule has 2 rings (SSSR count). The number of aryl methyl sites for hydroxylation is 2. The summed E-state index contributed by atoms with van der Waals surface area (Å²) in [5.41, 5.74) is 3.33. The third kappa shape index (κ3) is 3.01. The van der Waals surface area contributed by atoms with Gasteiger partial charge in [-0.1, -0.05) is 18.2 Å². The summed E-state index contributed by atoms with van der Waals surface area (Å²) < 4.78 is 0. The Kier molecular flexibility index (Phi) is 3.84. The molecule has 18 heavy (non-hydrogen) atoms.